The topological polar surface area (TPSA) is 25.8 Å². The minimum absolute atomic E-state index is 0.446. The molecule has 0 aliphatic heterocycles. The van der Waals surface area contributed by atoms with Gasteiger partial charge < -0.3 is 0 Å². The molecule has 0 N–H and O–H groups in total. The summed E-state index contributed by atoms with van der Waals surface area (Å²) in [7, 11) is 0. The van der Waals surface area contributed by atoms with Crippen LogP contribution in [-0.2, 0) is 18.7 Å². The molecule has 2 aromatic rings. The highest BCUT2D eigenvalue weighted by Crippen LogP contribution is 2.07. The van der Waals surface area contributed by atoms with Crippen molar-refractivity contribution in [1.82, 2.24) is 9.97 Å². The highest BCUT2D eigenvalue weighted by molar-refractivity contribution is 6.16. The SMILES string of the molecule is Cc1cc(CCl)nc(CCc2ccccc2)n1. The Hall–Kier alpha value is -1.41. The van der Waals surface area contributed by atoms with Crippen LogP contribution < -0.4 is 0 Å². The van der Waals surface area contributed by atoms with Crippen molar-refractivity contribution in [3.63, 3.8) is 0 Å². The lowest BCUT2D eigenvalue weighted by atomic mass is 10.1. The fraction of sp³-hybridized carbons (Fsp3) is 0.286. The van der Waals surface area contributed by atoms with Crippen LogP contribution in [-0.4, -0.2) is 9.97 Å². The van der Waals surface area contributed by atoms with Crippen LogP contribution in [0.15, 0.2) is 36.4 Å². The van der Waals surface area contributed by atoms with Crippen LogP contribution in [0.4, 0.5) is 0 Å². The van der Waals surface area contributed by atoms with Crippen LogP contribution in [0, 0.1) is 6.92 Å². The molecular formula is C14H15ClN2. The molecule has 1 heterocycles. The van der Waals surface area contributed by atoms with Crippen LogP contribution in [0.5, 0.6) is 0 Å². The average Bonchev–Trinajstić information content (AvgIpc) is 2.37. The number of nitrogens with zero attached hydrogens (tertiary/aromatic N) is 2. The molecule has 2 nitrogen and oxygen atoms in total. The summed E-state index contributed by atoms with van der Waals surface area (Å²) in [5, 5.41) is 0. The van der Waals surface area contributed by atoms with E-state index in [9.17, 15) is 0 Å². The van der Waals surface area contributed by atoms with Crippen molar-refractivity contribution >= 4 is 11.6 Å². The number of halogens is 1. The second-order valence-electron chi connectivity index (χ2n) is 4.04. The van der Waals surface area contributed by atoms with E-state index in [1.165, 1.54) is 5.56 Å². The van der Waals surface area contributed by atoms with Gasteiger partial charge in [0.1, 0.15) is 5.82 Å². The van der Waals surface area contributed by atoms with Crippen molar-refractivity contribution in [3.05, 3.63) is 59.2 Å². The Morgan fingerprint density at radius 2 is 1.82 bits per heavy atom. The van der Waals surface area contributed by atoms with Crippen LogP contribution in [0.25, 0.3) is 0 Å². The first-order valence-corrected chi connectivity index (χ1v) is 6.24. The van der Waals surface area contributed by atoms with Crippen molar-refractivity contribution < 1.29 is 0 Å². The zero-order chi connectivity index (χ0) is 12.1. The molecule has 0 unspecified atom stereocenters. The molecule has 0 atom stereocenters. The van der Waals surface area contributed by atoms with Gasteiger partial charge in [-0.05, 0) is 25.0 Å². The van der Waals surface area contributed by atoms with Gasteiger partial charge in [0.05, 0.1) is 11.6 Å². The van der Waals surface area contributed by atoms with Crippen molar-refractivity contribution in [2.45, 2.75) is 25.6 Å². The van der Waals surface area contributed by atoms with Gasteiger partial charge in [-0.2, -0.15) is 0 Å². The maximum absolute atomic E-state index is 5.80. The third-order valence-corrected chi connectivity index (χ3v) is 2.84. The molecule has 1 aromatic carbocycles. The molecule has 3 heteroatoms. The van der Waals surface area contributed by atoms with Gasteiger partial charge in [-0.1, -0.05) is 30.3 Å². The average molecular weight is 247 g/mol. The standard InChI is InChI=1S/C14H15ClN2/c1-11-9-13(10-15)17-14(16-11)8-7-12-5-3-2-4-6-12/h2-6,9H,7-8,10H2,1H3. The summed E-state index contributed by atoms with van der Waals surface area (Å²) in [5.74, 6) is 1.33. The van der Waals surface area contributed by atoms with Gasteiger partial charge in [-0.25, -0.2) is 9.97 Å². The lowest BCUT2D eigenvalue weighted by Gasteiger charge is -2.04. The van der Waals surface area contributed by atoms with Crippen LogP contribution in [0.1, 0.15) is 22.8 Å². The van der Waals surface area contributed by atoms with Gasteiger partial charge in [-0.3, -0.25) is 0 Å². The summed E-state index contributed by atoms with van der Waals surface area (Å²) >= 11 is 5.80. The monoisotopic (exact) mass is 246 g/mol. The first-order chi connectivity index (χ1) is 8.28. The molecule has 2 rings (SSSR count). The van der Waals surface area contributed by atoms with E-state index >= 15 is 0 Å². The Labute approximate surface area is 107 Å². The van der Waals surface area contributed by atoms with E-state index in [0.717, 1.165) is 30.1 Å². The third-order valence-electron chi connectivity index (χ3n) is 2.57. The van der Waals surface area contributed by atoms with Crippen LogP contribution in [0.3, 0.4) is 0 Å². The fourth-order valence-electron chi connectivity index (χ4n) is 1.78. The Kier molecular flexibility index (Phi) is 4.10. The van der Waals surface area contributed by atoms with Gasteiger partial charge in [0, 0.05) is 12.1 Å². The predicted octanol–water partition coefficient (Wildman–Crippen LogP) is 3.31. The fourth-order valence-corrected chi connectivity index (χ4v) is 1.92. The Morgan fingerprint density at radius 3 is 2.53 bits per heavy atom. The number of aromatic nitrogens is 2. The number of rotatable bonds is 4. The second kappa shape index (κ2) is 5.78. The molecule has 88 valence electrons. The van der Waals surface area contributed by atoms with Crippen molar-refractivity contribution in [2.75, 3.05) is 0 Å². The van der Waals surface area contributed by atoms with E-state index in [1.807, 2.05) is 19.1 Å². The summed E-state index contributed by atoms with van der Waals surface area (Å²) in [4.78, 5) is 8.85. The first-order valence-electron chi connectivity index (χ1n) is 5.71. The number of alkyl halides is 1. The zero-order valence-corrected chi connectivity index (χ0v) is 10.6. The molecule has 0 aliphatic carbocycles. The third kappa shape index (κ3) is 3.53. The van der Waals surface area contributed by atoms with E-state index in [4.69, 9.17) is 11.6 Å². The largest absolute Gasteiger partial charge is 0.238 e. The molecule has 0 saturated heterocycles. The maximum Gasteiger partial charge on any atom is 0.129 e. The van der Waals surface area contributed by atoms with E-state index in [-0.39, 0.29) is 0 Å². The summed E-state index contributed by atoms with van der Waals surface area (Å²) in [6.07, 6.45) is 1.82. The van der Waals surface area contributed by atoms with Gasteiger partial charge in [0.2, 0.25) is 0 Å². The van der Waals surface area contributed by atoms with Crippen LogP contribution >= 0.6 is 11.6 Å². The van der Waals surface area contributed by atoms with Gasteiger partial charge in [-0.15, -0.1) is 11.6 Å². The summed E-state index contributed by atoms with van der Waals surface area (Å²) in [6, 6.07) is 12.3. The van der Waals surface area contributed by atoms with Crippen molar-refractivity contribution in [3.8, 4) is 0 Å². The minimum atomic E-state index is 0.446. The number of hydrogen-bond donors (Lipinski definition) is 0. The van der Waals surface area contributed by atoms with Gasteiger partial charge >= 0.3 is 0 Å². The summed E-state index contributed by atoms with van der Waals surface area (Å²) in [6.45, 7) is 1.98. The quantitative estimate of drug-likeness (QED) is 0.774. The lowest BCUT2D eigenvalue weighted by Crippen LogP contribution is -2.02. The van der Waals surface area contributed by atoms with E-state index in [2.05, 4.69) is 34.2 Å². The number of benzene rings is 1. The molecule has 0 aliphatic rings. The highest BCUT2D eigenvalue weighted by Gasteiger charge is 2.02. The minimum Gasteiger partial charge on any atom is -0.238 e. The molecular weight excluding hydrogens is 232 g/mol. The summed E-state index contributed by atoms with van der Waals surface area (Å²) in [5.41, 5.74) is 3.20. The first kappa shape index (κ1) is 12.1. The molecule has 0 saturated carbocycles. The smallest absolute Gasteiger partial charge is 0.129 e. The van der Waals surface area contributed by atoms with Crippen molar-refractivity contribution in [2.24, 2.45) is 0 Å². The van der Waals surface area contributed by atoms with Crippen LogP contribution in [0.2, 0.25) is 0 Å². The van der Waals surface area contributed by atoms with E-state index in [1.54, 1.807) is 0 Å². The normalized spacial score (nSPS) is 10.5. The molecule has 1 aromatic heterocycles. The Morgan fingerprint density at radius 1 is 1.06 bits per heavy atom. The van der Waals surface area contributed by atoms with E-state index in [0.29, 0.717) is 5.88 Å². The Balaban J connectivity index is 2.06. The van der Waals surface area contributed by atoms with E-state index < -0.39 is 0 Å². The maximum atomic E-state index is 5.80. The molecule has 0 amide bonds. The zero-order valence-electron chi connectivity index (χ0n) is 9.86. The van der Waals surface area contributed by atoms with Crippen molar-refractivity contribution in [1.29, 1.82) is 0 Å². The predicted molar refractivity (Wildman–Crippen MR) is 70.2 cm³/mol. The van der Waals surface area contributed by atoms with Gasteiger partial charge in [0.25, 0.3) is 0 Å². The molecule has 0 fully saturated rings. The molecule has 0 radical (unpaired) electrons. The Bertz CT molecular complexity index is 483. The lowest BCUT2D eigenvalue weighted by molar-refractivity contribution is 0.832. The number of hydrogen-bond acceptors (Lipinski definition) is 2. The second-order valence-corrected chi connectivity index (χ2v) is 4.30. The molecule has 0 spiro atoms. The summed E-state index contributed by atoms with van der Waals surface area (Å²) < 4.78 is 0. The molecule has 17 heavy (non-hydrogen) atoms. The van der Waals surface area contributed by atoms with Gasteiger partial charge in [0.15, 0.2) is 0 Å². The number of aryl methyl sites for hydroxylation is 3. The highest BCUT2D eigenvalue weighted by atomic mass is 35.5. The molecule has 0 bridgehead atoms.